The van der Waals surface area contributed by atoms with Crippen molar-refractivity contribution in [2.75, 3.05) is 0 Å². The van der Waals surface area contributed by atoms with Gasteiger partial charge >= 0.3 is 0 Å². The van der Waals surface area contributed by atoms with Crippen molar-refractivity contribution in [3.63, 3.8) is 0 Å². The fourth-order valence-electron chi connectivity index (χ4n) is 1.55. The molecule has 88 valence electrons. The molecule has 16 heavy (non-hydrogen) atoms. The molecule has 0 unspecified atom stereocenters. The van der Waals surface area contributed by atoms with Crippen LogP contribution in [-0.4, -0.2) is 9.81 Å². The van der Waals surface area contributed by atoms with E-state index in [1.54, 1.807) is 16.8 Å². The smallest absolute Gasteiger partial charge is 0.253 e. The number of hydrogen-bond donors (Lipinski definition) is 0. The molecular weight excluding hydrogens is 226 g/mol. The second-order valence-corrected chi connectivity index (χ2v) is 4.66. The average Bonchev–Trinajstić information content (AvgIpc) is 2.18. The molecule has 0 N–H and O–H groups in total. The third kappa shape index (κ3) is 3.81. The molecule has 0 amide bonds. The first kappa shape index (κ1) is 13.0. The third-order valence-electron chi connectivity index (χ3n) is 2.25. The lowest BCUT2D eigenvalue weighted by molar-refractivity contribution is -0.111. The number of hydrogen-bond acceptors (Lipinski definition) is 2. The van der Waals surface area contributed by atoms with Gasteiger partial charge in [0, 0.05) is 24.7 Å². The van der Waals surface area contributed by atoms with Crippen molar-refractivity contribution in [2.45, 2.75) is 33.2 Å². The van der Waals surface area contributed by atoms with E-state index in [1.807, 2.05) is 6.07 Å². The summed E-state index contributed by atoms with van der Waals surface area (Å²) in [6.45, 7) is 4.81. The van der Waals surface area contributed by atoms with Crippen LogP contribution in [0.2, 0.25) is 0 Å². The van der Waals surface area contributed by atoms with Gasteiger partial charge in [0.1, 0.15) is 0 Å². The highest BCUT2D eigenvalue weighted by molar-refractivity contribution is 6.63. The Morgan fingerprint density at radius 3 is 2.75 bits per heavy atom. The van der Waals surface area contributed by atoms with Crippen molar-refractivity contribution in [3.05, 3.63) is 34.2 Å². The Morgan fingerprint density at radius 2 is 2.19 bits per heavy atom. The van der Waals surface area contributed by atoms with Crippen molar-refractivity contribution < 1.29 is 4.79 Å². The minimum absolute atomic E-state index is 0.0193. The van der Waals surface area contributed by atoms with Gasteiger partial charge in [0.15, 0.2) is 0 Å². The first-order valence-electron chi connectivity index (χ1n) is 5.37. The van der Waals surface area contributed by atoms with E-state index >= 15 is 0 Å². The SMILES string of the molecule is CC(C)Cn1cccc(CCC(=O)Cl)c1=O. The van der Waals surface area contributed by atoms with Gasteiger partial charge in [0.25, 0.3) is 5.56 Å². The fourth-order valence-corrected chi connectivity index (χ4v) is 1.64. The van der Waals surface area contributed by atoms with Gasteiger partial charge in [0.05, 0.1) is 0 Å². The zero-order valence-corrected chi connectivity index (χ0v) is 10.3. The monoisotopic (exact) mass is 241 g/mol. The van der Waals surface area contributed by atoms with E-state index in [4.69, 9.17) is 11.6 Å². The molecule has 0 fully saturated rings. The van der Waals surface area contributed by atoms with Crippen LogP contribution in [-0.2, 0) is 17.8 Å². The molecule has 3 nitrogen and oxygen atoms in total. The van der Waals surface area contributed by atoms with Crippen LogP contribution in [0, 0.1) is 5.92 Å². The number of nitrogens with zero attached hydrogens (tertiary/aromatic N) is 1. The molecule has 1 aromatic heterocycles. The first-order valence-corrected chi connectivity index (χ1v) is 5.75. The van der Waals surface area contributed by atoms with Crippen LogP contribution < -0.4 is 5.56 Å². The zero-order valence-electron chi connectivity index (χ0n) is 9.57. The standard InChI is InChI=1S/C12H16ClNO2/c1-9(2)8-14-7-3-4-10(12(14)16)5-6-11(13)15/h3-4,7,9H,5-6,8H2,1-2H3. The number of aryl methyl sites for hydroxylation is 1. The summed E-state index contributed by atoms with van der Waals surface area (Å²) in [6, 6.07) is 3.58. The molecule has 1 aromatic rings. The van der Waals surface area contributed by atoms with Gasteiger partial charge < -0.3 is 4.57 Å². The molecule has 0 saturated heterocycles. The molecule has 4 heteroatoms. The second-order valence-electron chi connectivity index (χ2n) is 4.24. The normalized spacial score (nSPS) is 10.8. The number of pyridine rings is 1. The van der Waals surface area contributed by atoms with Gasteiger partial charge in [0.2, 0.25) is 5.24 Å². The summed E-state index contributed by atoms with van der Waals surface area (Å²) < 4.78 is 1.68. The van der Waals surface area contributed by atoms with Crippen LogP contribution in [0.5, 0.6) is 0 Å². The summed E-state index contributed by atoms with van der Waals surface area (Å²) in [5.41, 5.74) is 0.631. The molecule has 0 bridgehead atoms. The third-order valence-corrected chi connectivity index (χ3v) is 2.44. The van der Waals surface area contributed by atoms with Gasteiger partial charge in [-0.2, -0.15) is 0 Å². The van der Waals surface area contributed by atoms with Gasteiger partial charge in [-0.15, -0.1) is 0 Å². The molecular formula is C12H16ClNO2. The van der Waals surface area contributed by atoms with Crippen molar-refractivity contribution in [3.8, 4) is 0 Å². The van der Waals surface area contributed by atoms with Crippen LogP contribution >= 0.6 is 11.6 Å². The van der Waals surface area contributed by atoms with E-state index in [0.717, 1.165) is 0 Å². The number of carbonyl (C=O) groups is 1. The maximum absolute atomic E-state index is 11.9. The summed E-state index contributed by atoms with van der Waals surface area (Å²) in [5, 5.41) is -0.404. The Labute approximate surface area is 100 Å². The predicted molar refractivity (Wildman–Crippen MR) is 64.7 cm³/mol. The summed E-state index contributed by atoms with van der Waals surface area (Å²) in [4.78, 5) is 22.6. The minimum Gasteiger partial charge on any atom is -0.315 e. The Balaban J connectivity index is 2.86. The Hall–Kier alpha value is -1.09. The quantitative estimate of drug-likeness (QED) is 0.742. The van der Waals surface area contributed by atoms with Gasteiger partial charge in [-0.25, -0.2) is 0 Å². The Morgan fingerprint density at radius 1 is 1.50 bits per heavy atom. The molecule has 0 aliphatic carbocycles. The second kappa shape index (κ2) is 5.85. The van der Waals surface area contributed by atoms with Crippen molar-refractivity contribution in [2.24, 2.45) is 5.92 Å². The predicted octanol–water partition coefficient (Wildman–Crippen LogP) is 2.20. The fraction of sp³-hybridized carbons (Fsp3) is 0.500. The van der Waals surface area contributed by atoms with Crippen molar-refractivity contribution >= 4 is 16.8 Å². The van der Waals surface area contributed by atoms with Crippen LogP contribution in [0.3, 0.4) is 0 Å². The highest BCUT2D eigenvalue weighted by Crippen LogP contribution is 2.02. The summed E-state index contributed by atoms with van der Waals surface area (Å²) >= 11 is 5.26. The molecule has 0 atom stereocenters. The van der Waals surface area contributed by atoms with Crippen molar-refractivity contribution in [1.82, 2.24) is 4.57 Å². The van der Waals surface area contributed by atoms with Crippen LogP contribution in [0.1, 0.15) is 25.8 Å². The molecule has 1 rings (SSSR count). The molecule has 1 heterocycles. The van der Waals surface area contributed by atoms with E-state index in [1.165, 1.54) is 0 Å². The van der Waals surface area contributed by atoms with E-state index in [0.29, 0.717) is 24.4 Å². The Kier molecular flexibility index (Phi) is 4.74. The highest BCUT2D eigenvalue weighted by atomic mass is 35.5. The minimum atomic E-state index is -0.404. The van der Waals surface area contributed by atoms with Gasteiger partial charge in [-0.3, -0.25) is 9.59 Å². The summed E-state index contributed by atoms with van der Waals surface area (Å²) in [6.07, 6.45) is 2.40. The zero-order chi connectivity index (χ0) is 12.1. The largest absolute Gasteiger partial charge is 0.315 e. The molecule has 0 saturated carbocycles. The Bertz CT molecular complexity index is 423. The summed E-state index contributed by atoms with van der Waals surface area (Å²) in [5.74, 6) is 0.419. The van der Waals surface area contributed by atoms with E-state index in [9.17, 15) is 9.59 Å². The van der Waals surface area contributed by atoms with E-state index in [-0.39, 0.29) is 12.0 Å². The summed E-state index contributed by atoms with van der Waals surface area (Å²) in [7, 11) is 0. The lowest BCUT2D eigenvalue weighted by atomic mass is 10.1. The van der Waals surface area contributed by atoms with Crippen molar-refractivity contribution in [1.29, 1.82) is 0 Å². The molecule has 0 aromatic carbocycles. The van der Waals surface area contributed by atoms with E-state index < -0.39 is 5.24 Å². The first-order chi connectivity index (χ1) is 7.50. The lowest BCUT2D eigenvalue weighted by Crippen LogP contribution is -2.25. The van der Waals surface area contributed by atoms with Gasteiger partial charge in [-0.05, 0) is 30.0 Å². The average molecular weight is 242 g/mol. The molecule has 0 spiro atoms. The number of rotatable bonds is 5. The lowest BCUT2D eigenvalue weighted by Gasteiger charge is -2.09. The highest BCUT2D eigenvalue weighted by Gasteiger charge is 2.06. The van der Waals surface area contributed by atoms with Gasteiger partial charge in [-0.1, -0.05) is 19.9 Å². The topological polar surface area (TPSA) is 39.1 Å². The molecule has 0 aliphatic heterocycles. The van der Waals surface area contributed by atoms with Crippen LogP contribution in [0.15, 0.2) is 23.1 Å². The van der Waals surface area contributed by atoms with Crippen LogP contribution in [0.25, 0.3) is 0 Å². The maximum Gasteiger partial charge on any atom is 0.253 e. The number of aromatic nitrogens is 1. The maximum atomic E-state index is 11.9. The molecule has 0 aliphatic rings. The molecule has 0 radical (unpaired) electrons. The van der Waals surface area contributed by atoms with Crippen LogP contribution in [0.4, 0.5) is 0 Å². The van der Waals surface area contributed by atoms with E-state index in [2.05, 4.69) is 13.8 Å². The number of carbonyl (C=O) groups excluding carboxylic acids is 1. The number of halogens is 1.